The van der Waals surface area contributed by atoms with Gasteiger partial charge in [-0.1, -0.05) is 54.6 Å². The van der Waals surface area contributed by atoms with Gasteiger partial charge in [0.2, 0.25) is 0 Å². The topological polar surface area (TPSA) is 69.7 Å². The highest BCUT2D eigenvalue weighted by molar-refractivity contribution is 6.14. The van der Waals surface area contributed by atoms with Crippen molar-refractivity contribution < 1.29 is 23.9 Å². The summed E-state index contributed by atoms with van der Waals surface area (Å²) in [6.45, 7) is 3.62. The first-order valence-corrected chi connectivity index (χ1v) is 9.09. The first kappa shape index (κ1) is 18.8. The summed E-state index contributed by atoms with van der Waals surface area (Å²) >= 11 is 0. The summed E-state index contributed by atoms with van der Waals surface area (Å²) in [6.07, 6.45) is 0.0264. The number of carbonyl (C=O) groups excluding carboxylic acids is 3. The number of rotatable bonds is 5. The Bertz CT molecular complexity index is 838. The van der Waals surface area contributed by atoms with E-state index in [1.165, 1.54) is 0 Å². The van der Waals surface area contributed by atoms with E-state index in [1.54, 1.807) is 38.1 Å². The summed E-state index contributed by atoms with van der Waals surface area (Å²) in [5, 5.41) is 0. The zero-order valence-corrected chi connectivity index (χ0v) is 15.4. The van der Waals surface area contributed by atoms with Crippen molar-refractivity contribution in [3.8, 4) is 0 Å². The Morgan fingerprint density at radius 3 is 2.07 bits per heavy atom. The van der Waals surface area contributed by atoms with Crippen molar-refractivity contribution in [2.45, 2.75) is 31.6 Å². The van der Waals surface area contributed by atoms with Gasteiger partial charge in [0.1, 0.15) is 0 Å². The third kappa shape index (κ3) is 3.03. The van der Waals surface area contributed by atoms with Crippen molar-refractivity contribution >= 4 is 17.7 Å². The van der Waals surface area contributed by atoms with Gasteiger partial charge in [-0.05, 0) is 25.0 Å². The number of hydrogen-bond donors (Lipinski definition) is 0. The van der Waals surface area contributed by atoms with Crippen molar-refractivity contribution in [1.29, 1.82) is 0 Å². The number of hydrogen-bond acceptors (Lipinski definition) is 5. The maximum absolute atomic E-state index is 13.3. The van der Waals surface area contributed by atoms with Crippen LogP contribution >= 0.6 is 0 Å². The molecule has 5 heteroatoms. The van der Waals surface area contributed by atoms with Crippen molar-refractivity contribution in [2.24, 2.45) is 0 Å². The lowest BCUT2D eigenvalue weighted by molar-refractivity contribution is -0.166. The molecule has 0 radical (unpaired) electrons. The number of fused-ring (bicyclic) bond motifs is 1. The predicted molar refractivity (Wildman–Crippen MR) is 99.5 cm³/mol. The molecule has 1 atom stereocenters. The molecule has 1 aliphatic carbocycles. The fraction of sp³-hybridized carbons (Fsp3) is 0.318. The molecule has 0 N–H and O–H groups in total. The number of Topliss-reactive ketones (excluding diaryl/α,β-unsaturated/α-hetero) is 1. The van der Waals surface area contributed by atoms with E-state index < -0.39 is 23.3 Å². The molecule has 0 fully saturated rings. The fourth-order valence-corrected chi connectivity index (χ4v) is 3.84. The third-order valence-electron chi connectivity index (χ3n) is 4.96. The molecule has 5 nitrogen and oxygen atoms in total. The van der Waals surface area contributed by atoms with Gasteiger partial charge in [-0.3, -0.25) is 14.4 Å². The summed E-state index contributed by atoms with van der Waals surface area (Å²) in [6, 6.07) is 15.9. The van der Waals surface area contributed by atoms with Crippen LogP contribution in [0.2, 0.25) is 0 Å². The van der Waals surface area contributed by atoms with Crippen LogP contribution in [0.4, 0.5) is 0 Å². The molecule has 1 aliphatic rings. The predicted octanol–water partition coefficient (Wildman–Crippen LogP) is 3.42. The molecule has 0 bridgehead atoms. The summed E-state index contributed by atoms with van der Waals surface area (Å²) < 4.78 is 10.7. The quantitative estimate of drug-likeness (QED) is 0.599. The first-order valence-electron chi connectivity index (χ1n) is 9.09. The Kier molecular flexibility index (Phi) is 5.40. The van der Waals surface area contributed by atoms with Crippen molar-refractivity contribution in [1.82, 2.24) is 0 Å². The van der Waals surface area contributed by atoms with Crippen LogP contribution in [0.1, 0.15) is 47.7 Å². The first-order chi connectivity index (χ1) is 13.1. The molecule has 2 aromatic carbocycles. The molecule has 0 aliphatic heterocycles. The molecule has 0 spiro atoms. The molecule has 0 heterocycles. The Morgan fingerprint density at radius 2 is 1.48 bits per heavy atom. The zero-order chi connectivity index (χ0) is 19.4. The van der Waals surface area contributed by atoms with Crippen LogP contribution in [0.25, 0.3) is 0 Å². The minimum absolute atomic E-state index is 0.0264. The molecule has 27 heavy (non-hydrogen) atoms. The molecular weight excluding hydrogens is 344 g/mol. The zero-order valence-electron chi connectivity index (χ0n) is 15.4. The van der Waals surface area contributed by atoms with E-state index in [9.17, 15) is 14.4 Å². The van der Waals surface area contributed by atoms with Gasteiger partial charge in [0, 0.05) is 17.9 Å². The number of ether oxygens (including phenoxy) is 2. The Balaban J connectivity index is 2.33. The van der Waals surface area contributed by atoms with Crippen LogP contribution in [-0.4, -0.2) is 30.9 Å². The second-order valence-corrected chi connectivity index (χ2v) is 6.39. The SMILES string of the molecule is CCOC(=O)C1(C(=O)OCC)c2ccccc2C(=O)CC1c1ccccc1. The minimum Gasteiger partial charge on any atom is -0.465 e. The molecule has 3 rings (SSSR count). The number of ketones is 1. The van der Waals surface area contributed by atoms with Crippen LogP contribution in [-0.2, 0) is 24.5 Å². The summed E-state index contributed by atoms with van der Waals surface area (Å²) in [5.41, 5.74) is -0.267. The number of carbonyl (C=O) groups is 3. The molecule has 0 aromatic heterocycles. The number of benzene rings is 2. The van der Waals surface area contributed by atoms with Crippen LogP contribution < -0.4 is 0 Å². The molecule has 0 saturated heterocycles. The smallest absolute Gasteiger partial charge is 0.328 e. The van der Waals surface area contributed by atoms with E-state index >= 15 is 0 Å². The lowest BCUT2D eigenvalue weighted by Gasteiger charge is -2.40. The maximum Gasteiger partial charge on any atom is 0.328 e. The van der Waals surface area contributed by atoms with Gasteiger partial charge in [-0.15, -0.1) is 0 Å². The highest BCUT2D eigenvalue weighted by Gasteiger charge is 2.60. The normalized spacial score (nSPS) is 17.7. The van der Waals surface area contributed by atoms with E-state index in [1.807, 2.05) is 30.3 Å². The number of esters is 2. The highest BCUT2D eigenvalue weighted by atomic mass is 16.6. The molecular formula is C22H22O5. The summed E-state index contributed by atoms with van der Waals surface area (Å²) in [4.78, 5) is 39.3. The van der Waals surface area contributed by atoms with Gasteiger partial charge in [-0.2, -0.15) is 0 Å². The summed E-state index contributed by atoms with van der Waals surface area (Å²) in [5.74, 6) is -2.17. The Labute approximate surface area is 158 Å². The average molecular weight is 366 g/mol. The third-order valence-corrected chi connectivity index (χ3v) is 4.96. The largest absolute Gasteiger partial charge is 0.465 e. The fourth-order valence-electron chi connectivity index (χ4n) is 3.84. The van der Waals surface area contributed by atoms with Gasteiger partial charge in [0.15, 0.2) is 11.2 Å². The van der Waals surface area contributed by atoms with E-state index in [0.717, 1.165) is 5.56 Å². The molecule has 2 aromatic rings. The van der Waals surface area contributed by atoms with Crippen molar-refractivity contribution in [2.75, 3.05) is 13.2 Å². The van der Waals surface area contributed by atoms with Crippen LogP contribution in [0, 0.1) is 0 Å². The second-order valence-electron chi connectivity index (χ2n) is 6.39. The lowest BCUT2D eigenvalue weighted by Crippen LogP contribution is -2.54. The van der Waals surface area contributed by atoms with Crippen molar-refractivity contribution in [3.05, 3.63) is 71.3 Å². The van der Waals surface area contributed by atoms with Gasteiger partial charge in [-0.25, -0.2) is 0 Å². The molecule has 1 unspecified atom stereocenters. The van der Waals surface area contributed by atoms with E-state index in [2.05, 4.69) is 0 Å². The van der Waals surface area contributed by atoms with E-state index in [0.29, 0.717) is 11.1 Å². The standard InChI is InChI=1S/C22H22O5/c1-3-26-20(24)22(21(25)27-4-2)17-13-9-8-12-16(17)19(23)14-18(22)15-10-6-5-7-11-15/h5-13,18H,3-4,14H2,1-2H3. The summed E-state index contributed by atoms with van der Waals surface area (Å²) in [7, 11) is 0. The van der Waals surface area contributed by atoms with Crippen LogP contribution in [0.15, 0.2) is 54.6 Å². The van der Waals surface area contributed by atoms with E-state index in [4.69, 9.17) is 9.47 Å². The van der Waals surface area contributed by atoms with Crippen LogP contribution in [0.5, 0.6) is 0 Å². The van der Waals surface area contributed by atoms with Gasteiger partial charge in [0.25, 0.3) is 0 Å². The Hall–Kier alpha value is -2.95. The second kappa shape index (κ2) is 7.74. The molecule has 140 valence electrons. The minimum atomic E-state index is -1.71. The maximum atomic E-state index is 13.3. The monoisotopic (exact) mass is 366 g/mol. The lowest BCUT2D eigenvalue weighted by atomic mass is 9.60. The van der Waals surface area contributed by atoms with Crippen LogP contribution in [0.3, 0.4) is 0 Å². The highest BCUT2D eigenvalue weighted by Crippen LogP contribution is 2.49. The molecule has 0 saturated carbocycles. The van der Waals surface area contributed by atoms with Gasteiger partial charge >= 0.3 is 11.9 Å². The van der Waals surface area contributed by atoms with Gasteiger partial charge < -0.3 is 9.47 Å². The van der Waals surface area contributed by atoms with E-state index in [-0.39, 0.29) is 25.4 Å². The average Bonchev–Trinajstić information content (AvgIpc) is 2.69. The Morgan fingerprint density at radius 1 is 0.926 bits per heavy atom. The molecule has 0 amide bonds. The van der Waals surface area contributed by atoms with Crippen molar-refractivity contribution in [3.63, 3.8) is 0 Å². The van der Waals surface area contributed by atoms with Gasteiger partial charge in [0.05, 0.1) is 13.2 Å².